The molecule has 0 unspecified atom stereocenters. The van der Waals surface area contributed by atoms with Gasteiger partial charge in [0.15, 0.2) is 0 Å². The molecule has 2 nitrogen and oxygen atoms in total. The molecule has 1 heterocycles. The van der Waals surface area contributed by atoms with Gasteiger partial charge in [-0.2, -0.15) is 4.37 Å². The van der Waals surface area contributed by atoms with Crippen LogP contribution >= 0.6 is 11.5 Å². The third-order valence-electron chi connectivity index (χ3n) is 2.35. The van der Waals surface area contributed by atoms with E-state index >= 15 is 0 Å². The van der Waals surface area contributed by atoms with Crippen LogP contribution in [0.4, 0.5) is 0 Å². The van der Waals surface area contributed by atoms with E-state index in [0.717, 1.165) is 30.1 Å². The minimum atomic E-state index is 0.776. The van der Waals surface area contributed by atoms with Crippen LogP contribution in [-0.4, -0.2) is 11.0 Å². The first-order valence-corrected chi connectivity index (χ1v) is 6.32. The van der Waals surface area contributed by atoms with Crippen molar-refractivity contribution in [1.29, 1.82) is 0 Å². The first-order chi connectivity index (χ1) is 7.92. The molecule has 0 saturated heterocycles. The number of hydrogen-bond acceptors (Lipinski definition) is 3. The Morgan fingerprint density at radius 3 is 2.81 bits per heavy atom. The summed E-state index contributed by atoms with van der Waals surface area (Å²) in [5, 5.41) is 0.930. The number of aromatic nitrogens is 1. The summed E-state index contributed by atoms with van der Waals surface area (Å²) in [5.41, 5.74) is 2.27. The van der Waals surface area contributed by atoms with Gasteiger partial charge >= 0.3 is 0 Å². The van der Waals surface area contributed by atoms with E-state index < -0.39 is 0 Å². The van der Waals surface area contributed by atoms with Crippen LogP contribution in [0.15, 0.2) is 36.5 Å². The van der Waals surface area contributed by atoms with E-state index in [1.807, 2.05) is 24.4 Å². The summed E-state index contributed by atoms with van der Waals surface area (Å²) in [5.74, 6) is 0. The number of unbranched alkanes of at least 4 members (excludes halogenated alkanes) is 1. The SMILES string of the molecule is CCCCOc1sncc1-c1ccccc1. The second kappa shape index (κ2) is 5.66. The largest absolute Gasteiger partial charge is 0.482 e. The van der Waals surface area contributed by atoms with Crippen molar-refractivity contribution in [1.82, 2.24) is 4.37 Å². The minimum Gasteiger partial charge on any atom is -0.482 e. The fourth-order valence-corrected chi connectivity index (χ4v) is 2.11. The highest BCUT2D eigenvalue weighted by Crippen LogP contribution is 2.33. The van der Waals surface area contributed by atoms with Crippen molar-refractivity contribution in [3.05, 3.63) is 36.5 Å². The Labute approximate surface area is 100 Å². The average molecular weight is 233 g/mol. The molecule has 1 aromatic heterocycles. The third kappa shape index (κ3) is 2.61. The van der Waals surface area contributed by atoms with Gasteiger partial charge in [-0.05, 0) is 12.0 Å². The number of hydrogen-bond donors (Lipinski definition) is 0. The zero-order valence-electron chi connectivity index (χ0n) is 9.35. The highest BCUT2D eigenvalue weighted by atomic mass is 32.1. The molecule has 0 bridgehead atoms. The normalized spacial score (nSPS) is 10.3. The summed E-state index contributed by atoms with van der Waals surface area (Å²) in [6.45, 7) is 2.94. The van der Waals surface area contributed by atoms with Crippen LogP contribution < -0.4 is 4.74 Å². The molecule has 0 atom stereocenters. The lowest BCUT2D eigenvalue weighted by Gasteiger charge is -2.04. The molecule has 0 radical (unpaired) electrons. The molecule has 0 amide bonds. The van der Waals surface area contributed by atoms with E-state index in [0.29, 0.717) is 0 Å². The highest BCUT2D eigenvalue weighted by Gasteiger charge is 2.08. The summed E-state index contributed by atoms with van der Waals surface area (Å²) in [7, 11) is 0. The molecule has 2 rings (SSSR count). The summed E-state index contributed by atoms with van der Waals surface area (Å²) < 4.78 is 9.92. The van der Waals surface area contributed by atoms with Crippen LogP contribution in [-0.2, 0) is 0 Å². The van der Waals surface area contributed by atoms with Gasteiger partial charge in [0, 0.05) is 11.5 Å². The predicted octanol–water partition coefficient (Wildman–Crippen LogP) is 3.99. The minimum absolute atomic E-state index is 0.776. The maximum absolute atomic E-state index is 5.73. The van der Waals surface area contributed by atoms with Gasteiger partial charge in [0.25, 0.3) is 0 Å². The maximum Gasteiger partial charge on any atom is 0.201 e. The lowest BCUT2D eigenvalue weighted by Crippen LogP contribution is -1.95. The average Bonchev–Trinajstić information content (AvgIpc) is 2.79. The van der Waals surface area contributed by atoms with Crippen LogP contribution in [0, 0.1) is 0 Å². The number of nitrogens with zero attached hydrogens (tertiary/aromatic N) is 1. The molecule has 0 spiro atoms. The van der Waals surface area contributed by atoms with Gasteiger partial charge in [0.1, 0.15) is 0 Å². The fraction of sp³-hybridized carbons (Fsp3) is 0.308. The van der Waals surface area contributed by atoms with E-state index in [-0.39, 0.29) is 0 Å². The van der Waals surface area contributed by atoms with Gasteiger partial charge in [-0.15, -0.1) is 0 Å². The molecule has 1 aromatic carbocycles. The van der Waals surface area contributed by atoms with Gasteiger partial charge in [-0.25, -0.2) is 0 Å². The van der Waals surface area contributed by atoms with Crippen LogP contribution in [0.25, 0.3) is 11.1 Å². The topological polar surface area (TPSA) is 22.1 Å². The van der Waals surface area contributed by atoms with E-state index in [1.54, 1.807) is 0 Å². The van der Waals surface area contributed by atoms with Gasteiger partial charge in [-0.1, -0.05) is 43.7 Å². The summed E-state index contributed by atoms with van der Waals surface area (Å²) >= 11 is 1.42. The molecule has 0 fully saturated rings. The third-order valence-corrected chi connectivity index (χ3v) is 3.07. The Balaban J connectivity index is 2.13. The van der Waals surface area contributed by atoms with Crippen molar-refractivity contribution in [3.8, 4) is 16.2 Å². The van der Waals surface area contributed by atoms with Crippen LogP contribution in [0.1, 0.15) is 19.8 Å². The Kier molecular flexibility index (Phi) is 3.94. The molecular formula is C13H15NOS. The maximum atomic E-state index is 5.73. The van der Waals surface area contributed by atoms with Crippen molar-refractivity contribution >= 4 is 11.5 Å². The Hall–Kier alpha value is -1.35. The lowest BCUT2D eigenvalue weighted by atomic mass is 10.1. The van der Waals surface area contributed by atoms with Crippen LogP contribution in [0.5, 0.6) is 5.06 Å². The molecule has 0 saturated carbocycles. The summed E-state index contributed by atoms with van der Waals surface area (Å²) in [4.78, 5) is 0. The number of ether oxygens (including phenoxy) is 1. The highest BCUT2D eigenvalue weighted by molar-refractivity contribution is 7.08. The molecule has 0 N–H and O–H groups in total. The Morgan fingerprint density at radius 2 is 2.06 bits per heavy atom. The van der Waals surface area contributed by atoms with Gasteiger partial charge < -0.3 is 4.74 Å². The standard InChI is InChI=1S/C13H15NOS/c1-2-3-9-15-13-12(10-14-16-13)11-7-5-4-6-8-11/h4-8,10H,2-3,9H2,1H3. The predicted molar refractivity (Wildman–Crippen MR) is 68.0 cm³/mol. The van der Waals surface area contributed by atoms with Crippen molar-refractivity contribution in [2.75, 3.05) is 6.61 Å². The smallest absolute Gasteiger partial charge is 0.201 e. The zero-order chi connectivity index (χ0) is 11.2. The Morgan fingerprint density at radius 1 is 1.25 bits per heavy atom. The molecule has 0 aliphatic rings. The number of benzene rings is 1. The molecule has 84 valence electrons. The first kappa shape index (κ1) is 11.1. The van der Waals surface area contributed by atoms with E-state index in [2.05, 4.69) is 23.4 Å². The van der Waals surface area contributed by atoms with E-state index in [1.165, 1.54) is 17.1 Å². The lowest BCUT2D eigenvalue weighted by molar-refractivity contribution is 0.319. The van der Waals surface area contributed by atoms with Crippen molar-refractivity contribution in [2.45, 2.75) is 19.8 Å². The molecular weight excluding hydrogens is 218 g/mol. The van der Waals surface area contributed by atoms with Gasteiger partial charge in [-0.3, -0.25) is 0 Å². The monoisotopic (exact) mass is 233 g/mol. The Bertz CT molecular complexity index is 425. The van der Waals surface area contributed by atoms with Crippen molar-refractivity contribution < 1.29 is 4.74 Å². The quantitative estimate of drug-likeness (QED) is 0.728. The fourth-order valence-electron chi connectivity index (χ4n) is 1.45. The molecule has 16 heavy (non-hydrogen) atoms. The molecule has 0 aliphatic heterocycles. The van der Waals surface area contributed by atoms with E-state index in [9.17, 15) is 0 Å². The van der Waals surface area contributed by atoms with Crippen molar-refractivity contribution in [2.24, 2.45) is 0 Å². The van der Waals surface area contributed by atoms with Crippen LogP contribution in [0.3, 0.4) is 0 Å². The van der Waals surface area contributed by atoms with Gasteiger partial charge in [0.05, 0.1) is 18.4 Å². The summed E-state index contributed by atoms with van der Waals surface area (Å²) in [6, 6.07) is 10.2. The zero-order valence-corrected chi connectivity index (χ0v) is 10.2. The second-order valence-corrected chi connectivity index (χ2v) is 4.36. The van der Waals surface area contributed by atoms with Gasteiger partial charge in [0.2, 0.25) is 5.06 Å². The molecule has 0 aliphatic carbocycles. The molecule has 2 aromatic rings. The van der Waals surface area contributed by atoms with Crippen molar-refractivity contribution in [3.63, 3.8) is 0 Å². The summed E-state index contributed by atoms with van der Waals surface area (Å²) in [6.07, 6.45) is 4.12. The first-order valence-electron chi connectivity index (χ1n) is 5.54. The molecule has 3 heteroatoms. The van der Waals surface area contributed by atoms with Crippen LogP contribution in [0.2, 0.25) is 0 Å². The van der Waals surface area contributed by atoms with E-state index in [4.69, 9.17) is 4.74 Å². The number of rotatable bonds is 5. The second-order valence-electron chi connectivity index (χ2n) is 3.59.